The minimum atomic E-state index is -0.0975. The quantitative estimate of drug-likeness (QED) is 0.472. The maximum absolute atomic E-state index is 12.2. The molecule has 0 atom stereocenters. The Kier molecular flexibility index (Phi) is 4.69. The SMILES string of the molecule is O=c1cc(CSCc2nc(-c3cccs3)no2)nc2ccc(Br)cn12. The monoisotopic (exact) mass is 434 g/mol. The largest absolute Gasteiger partial charge is 0.338 e. The van der Waals surface area contributed by atoms with Gasteiger partial charge in [0.25, 0.3) is 5.56 Å². The maximum Gasteiger partial charge on any atom is 0.258 e. The van der Waals surface area contributed by atoms with Crippen molar-refractivity contribution in [1.29, 1.82) is 0 Å². The van der Waals surface area contributed by atoms with Crippen molar-refractivity contribution in [3.8, 4) is 10.7 Å². The van der Waals surface area contributed by atoms with Gasteiger partial charge in [-0.3, -0.25) is 9.20 Å². The van der Waals surface area contributed by atoms with Crippen LogP contribution in [0.3, 0.4) is 0 Å². The number of fused-ring (bicyclic) bond motifs is 1. The van der Waals surface area contributed by atoms with Crippen LogP contribution in [0.4, 0.5) is 0 Å². The highest BCUT2D eigenvalue weighted by atomic mass is 79.9. The van der Waals surface area contributed by atoms with Crippen LogP contribution in [0.25, 0.3) is 16.3 Å². The van der Waals surface area contributed by atoms with Crippen molar-refractivity contribution < 1.29 is 4.52 Å². The minimum Gasteiger partial charge on any atom is -0.338 e. The molecule has 25 heavy (non-hydrogen) atoms. The molecule has 0 N–H and O–H groups in total. The fraction of sp³-hybridized carbons (Fsp3) is 0.125. The van der Waals surface area contributed by atoms with E-state index >= 15 is 0 Å². The molecule has 0 aliphatic heterocycles. The molecule has 0 saturated carbocycles. The van der Waals surface area contributed by atoms with E-state index in [0.717, 1.165) is 15.0 Å². The molecule has 0 spiro atoms. The summed E-state index contributed by atoms with van der Waals surface area (Å²) in [5, 5.41) is 5.96. The number of hydrogen-bond acceptors (Lipinski definition) is 7. The van der Waals surface area contributed by atoms with Gasteiger partial charge in [0.05, 0.1) is 16.3 Å². The topological polar surface area (TPSA) is 73.3 Å². The first-order chi connectivity index (χ1) is 12.2. The summed E-state index contributed by atoms with van der Waals surface area (Å²) in [6.07, 6.45) is 1.71. The molecule has 4 aromatic heterocycles. The molecule has 0 bridgehead atoms. The van der Waals surface area contributed by atoms with Crippen LogP contribution >= 0.6 is 39.0 Å². The molecule has 6 nitrogen and oxygen atoms in total. The third kappa shape index (κ3) is 3.68. The van der Waals surface area contributed by atoms with E-state index in [1.807, 2.05) is 29.6 Å². The van der Waals surface area contributed by atoms with Crippen LogP contribution in [0, 0.1) is 0 Å². The normalized spacial score (nSPS) is 11.2. The zero-order valence-corrected chi connectivity index (χ0v) is 16.0. The maximum atomic E-state index is 12.2. The summed E-state index contributed by atoms with van der Waals surface area (Å²) < 4.78 is 7.62. The molecule has 0 aliphatic rings. The molecule has 4 heterocycles. The Morgan fingerprint density at radius 1 is 1.24 bits per heavy atom. The lowest BCUT2D eigenvalue weighted by molar-refractivity contribution is 0.392. The third-order valence-electron chi connectivity index (χ3n) is 3.36. The summed E-state index contributed by atoms with van der Waals surface area (Å²) in [6.45, 7) is 0. The lowest BCUT2D eigenvalue weighted by Gasteiger charge is -2.03. The first-order valence-electron chi connectivity index (χ1n) is 7.31. The number of aromatic nitrogens is 4. The Morgan fingerprint density at radius 3 is 3.00 bits per heavy atom. The summed E-state index contributed by atoms with van der Waals surface area (Å²) in [6, 6.07) is 9.13. The molecule has 0 fully saturated rings. The van der Waals surface area contributed by atoms with Crippen LogP contribution in [-0.2, 0) is 11.5 Å². The molecule has 0 amide bonds. The predicted octanol–water partition coefficient (Wildman–Crippen LogP) is 4.00. The van der Waals surface area contributed by atoms with Crippen LogP contribution < -0.4 is 5.56 Å². The molecule has 4 rings (SSSR count). The summed E-state index contributed by atoms with van der Waals surface area (Å²) in [4.78, 5) is 22.0. The second kappa shape index (κ2) is 7.11. The van der Waals surface area contributed by atoms with Gasteiger partial charge in [0.2, 0.25) is 11.7 Å². The third-order valence-corrected chi connectivity index (χ3v) is 5.65. The zero-order chi connectivity index (χ0) is 17.2. The van der Waals surface area contributed by atoms with Gasteiger partial charge < -0.3 is 4.52 Å². The summed E-state index contributed by atoms with van der Waals surface area (Å²) in [5.41, 5.74) is 1.26. The van der Waals surface area contributed by atoms with Crippen LogP contribution in [-0.4, -0.2) is 19.5 Å². The smallest absolute Gasteiger partial charge is 0.258 e. The lowest BCUT2D eigenvalue weighted by atomic mass is 10.4. The molecule has 0 unspecified atom stereocenters. The fourth-order valence-electron chi connectivity index (χ4n) is 2.26. The van der Waals surface area contributed by atoms with Crippen LogP contribution in [0.15, 0.2) is 55.7 Å². The highest BCUT2D eigenvalue weighted by molar-refractivity contribution is 9.10. The van der Waals surface area contributed by atoms with Gasteiger partial charge in [-0.1, -0.05) is 11.2 Å². The second-order valence-corrected chi connectivity index (χ2v) is 7.99. The molecule has 0 saturated heterocycles. The second-order valence-electron chi connectivity index (χ2n) is 5.14. The highest BCUT2D eigenvalue weighted by Gasteiger charge is 2.10. The Bertz CT molecular complexity index is 1080. The minimum absolute atomic E-state index is 0.0975. The fourth-order valence-corrected chi connectivity index (χ4v) is 4.00. The lowest BCUT2D eigenvalue weighted by Crippen LogP contribution is -2.15. The van der Waals surface area contributed by atoms with E-state index in [1.54, 1.807) is 35.4 Å². The van der Waals surface area contributed by atoms with Crippen LogP contribution in [0.2, 0.25) is 0 Å². The number of pyridine rings is 1. The Balaban J connectivity index is 1.44. The van der Waals surface area contributed by atoms with Crippen molar-refractivity contribution in [1.82, 2.24) is 19.5 Å². The van der Waals surface area contributed by atoms with E-state index in [4.69, 9.17) is 4.52 Å². The number of rotatable bonds is 5. The summed E-state index contributed by atoms with van der Waals surface area (Å²) in [5.74, 6) is 2.34. The summed E-state index contributed by atoms with van der Waals surface area (Å²) >= 11 is 6.50. The number of halogens is 1. The number of thioether (sulfide) groups is 1. The average molecular weight is 435 g/mol. The van der Waals surface area contributed by atoms with Crippen molar-refractivity contribution in [3.63, 3.8) is 0 Å². The van der Waals surface area contributed by atoms with Crippen molar-refractivity contribution in [2.75, 3.05) is 0 Å². The Labute approximate surface area is 159 Å². The molecular formula is C16H11BrN4O2S2. The molecule has 4 aromatic rings. The number of nitrogens with zero attached hydrogens (tertiary/aromatic N) is 4. The van der Waals surface area contributed by atoms with E-state index in [9.17, 15) is 4.79 Å². The molecular weight excluding hydrogens is 424 g/mol. The molecule has 0 aromatic carbocycles. The number of hydrogen-bond donors (Lipinski definition) is 0. The molecule has 0 radical (unpaired) electrons. The summed E-state index contributed by atoms with van der Waals surface area (Å²) in [7, 11) is 0. The Hall–Kier alpha value is -1.97. The van der Waals surface area contributed by atoms with Gasteiger partial charge in [-0.05, 0) is 39.5 Å². The predicted molar refractivity (Wildman–Crippen MR) is 102 cm³/mol. The van der Waals surface area contributed by atoms with Crippen LogP contribution in [0.1, 0.15) is 11.6 Å². The van der Waals surface area contributed by atoms with E-state index in [1.165, 1.54) is 4.40 Å². The molecule has 9 heteroatoms. The average Bonchev–Trinajstić information content (AvgIpc) is 3.27. The van der Waals surface area contributed by atoms with E-state index < -0.39 is 0 Å². The van der Waals surface area contributed by atoms with Gasteiger partial charge in [0, 0.05) is 22.5 Å². The van der Waals surface area contributed by atoms with Crippen molar-refractivity contribution in [3.05, 3.63) is 68.3 Å². The Morgan fingerprint density at radius 2 is 2.16 bits per heavy atom. The van der Waals surface area contributed by atoms with Gasteiger partial charge in [0.15, 0.2) is 0 Å². The van der Waals surface area contributed by atoms with Gasteiger partial charge in [0.1, 0.15) is 5.65 Å². The molecule has 126 valence electrons. The van der Waals surface area contributed by atoms with E-state index in [0.29, 0.717) is 28.9 Å². The van der Waals surface area contributed by atoms with Gasteiger partial charge >= 0.3 is 0 Å². The number of thiophene rings is 1. The standard InChI is InChI=1S/C16H11BrN4O2S2/c17-10-3-4-13-18-11(6-15(22)21(13)7-10)8-24-9-14-19-16(20-23-14)12-2-1-5-25-12/h1-7H,8-9H2. The van der Waals surface area contributed by atoms with Gasteiger partial charge in [-0.25, -0.2) is 4.98 Å². The first-order valence-corrected chi connectivity index (χ1v) is 10.1. The van der Waals surface area contributed by atoms with E-state index in [-0.39, 0.29) is 5.56 Å². The zero-order valence-electron chi connectivity index (χ0n) is 12.8. The highest BCUT2D eigenvalue weighted by Crippen LogP contribution is 2.23. The van der Waals surface area contributed by atoms with E-state index in [2.05, 4.69) is 31.1 Å². The van der Waals surface area contributed by atoms with Gasteiger partial charge in [-0.2, -0.15) is 4.98 Å². The molecule has 0 aliphatic carbocycles. The van der Waals surface area contributed by atoms with Crippen molar-refractivity contribution in [2.45, 2.75) is 11.5 Å². The van der Waals surface area contributed by atoms with Crippen molar-refractivity contribution >= 4 is 44.7 Å². The first kappa shape index (κ1) is 16.5. The van der Waals surface area contributed by atoms with Crippen LogP contribution in [0.5, 0.6) is 0 Å². The van der Waals surface area contributed by atoms with Crippen molar-refractivity contribution in [2.24, 2.45) is 0 Å². The van der Waals surface area contributed by atoms with Gasteiger partial charge in [-0.15, -0.1) is 23.1 Å².